The summed E-state index contributed by atoms with van der Waals surface area (Å²) in [4.78, 5) is 43.4. The molecule has 24 heavy (non-hydrogen) atoms. The molecular formula is C13H15N7O4. The maximum absolute atomic E-state index is 12.6. The van der Waals surface area contributed by atoms with E-state index in [0.29, 0.717) is 17.0 Å². The van der Waals surface area contributed by atoms with Gasteiger partial charge in [-0.15, -0.1) is 0 Å². The Hall–Kier alpha value is -3.24. The van der Waals surface area contributed by atoms with Gasteiger partial charge < -0.3 is 14.7 Å². The molecule has 0 atom stereocenters. The number of nitrogens with zero attached hydrogens (tertiary/aromatic N) is 7. The Kier molecular flexibility index (Phi) is 3.55. The van der Waals surface area contributed by atoms with E-state index in [2.05, 4.69) is 9.97 Å². The van der Waals surface area contributed by atoms with Gasteiger partial charge in [-0.2, -0.15) is 0 Å². The maximum Gasteiger partial charge on any atom is 0.342 e. The van der Waals surface area contributed by atoms with Crippen molar-refractivity contribution in [1.29, 1.82) is 0 Å². The molecule has 3 aromatic rings. The van der Waals surface area contributed by atoms with Crippen LogP contribution in [0.25, 0.3) is 11.2 Å². The lowest BCUT2D eigenvalue weighted by molar-refractivity contribution is -0.392. The summed E-state index contributed by atoms with van der Waals surface area (Å²) in [7, 11) is 3.19. The van der Waals surface area contributed by atoms with Gasteiger partial charge in [0.05, 0.1) is 12.9 Å². The molecule has 0 spiro atoms. The van der Waals surface area contributed by atoms with Crippen molar-refractivity contribution >= 4 is 17.0 Å². The van der Waals surface area contributed by atoms with Crippen molar-refractivity contribution in [3.05, 3.63) is 49.3 Å². The first kappa shape index (κ1) is 15.6. The van der Waals surface area contributed by atoms with Crippen molar-refractivity contribution in [2.75, 3.05) is 0 Å². The topological polar surface area (TPSA) is 123 Å². The zero-order chi connectivity index (χ0) is 17.6. The molecule has 0 aliphatic carbocycles. The Morgan fingerprint density at radius 2 is 1.83 bits per heavy atom. The molecule has 0 amide bonds. The van der Waals surface area contributed by atoms with E-state index in [9.17, 15) is 19.7 Å². The highest BCUT2D eigenvalue weighted by Crippen LogP contribution is 2.13. The van der Waals surface area contributed by atoms with E-state index < -0.39 is 16.2 Å². The van der Waals surface area contributed by atoms with E-state index in [4.69, 9.17) is 0 Å². The van der Waals surface area contributed by atoms with Crippen LogP contribution in [0.15, 0.2) is 22.1 Å². The van der Waals surface area contributed by atoms with Crippen LogP contribution in [-0.4, -0.2) is 33.2 Å². The Morgan fingerprint density at radius 3 is 2.50 bits per heavy atom. The van der Waals surface area contributed by atoms with Crippen molar-refractivity contribution in [3.63, 3.8) is 0 Å². The van der Waals surface area contributed by atoms with Crippen LogP contribution < -0.4 is 11.2 Å². The van der Waals surface area contributed by atoms with Crippen LogP contribution in [-0.2, 0) is 27.2 Å². The number of rotatable bonds is 4. The second kappa shape index (κ2) is 5.44. The Labute approximate surface area is 134 Å². The van der Waals surface area contributed by atoms with Crippen molar-refractivity contribution < 1.29 is 4.92 Å². The largest absolute Gasteiger partial charge is 0.358 e. The summed E-state index contributed by atoms with van der Waals surface area (Å²) in [6.07, 6.45) is 2.61. The highest BCUT2D eigenvalue weighted by molar-refractivity contribution is 5.69. The molecule has 11 nitrogen and oxygen atoms in total. The third-order valence-electron chi connectivity index (χ3n) is 3.97. The highest BCUT2D eigenvalue weighted by Gasteiger charge is 2.19. The molecule has 3 heterocycles. The van der Waals surface area contributed by atoms with Crippen LogP contribution in [0.2, 0.25) is 0 Å². The smallest absolute Gasteiger partial charge is 0.342 e. The molecule has 11 heteroatoms. The molecule has 0 N–H and O–H groups in total. The number of hydrogen-bond acceptors (Lipinski definition) is 6. The predicted molar refractivity (Wildman–Crippen MR) is 83.8 cm³/mol. The third kappa shape index (κ3) is 2.21. The number of fused-ring (bicyclic) bond motifs is 1. The molecule has 0 unspecified atom stereocenters. The van der Waals surface area contributed by atoms with E-state index >= 15 is 0 Å². The van der Waals surface area contributed by atoms with Crippen molar-refractivity contribution in [3.8, 4) is 0 Å². The van der Waals surface area contributed by atoms with Gasteiger partial charge in [0.15, 0.2) is 17.0 Å². The monoisotopic (exact) mass is 333 g/mol. The normalized spacial score (nSPS) is 11.3. The van der Waals surface area contributed by atoms with Crippen molar-refractivity contribution in [1.82, 2.24) is 28.2 Å². The Bertz CT molecular complexity index is 1070. The minimum atomic E-state index is -0.550. The summed E-state index contributed by atoms with van der Waals surface area (Å²) in [5.41, 5.74) is -0.400. The van der Waals surface area contributed by atoms with Gasteiger partial charge in [-0.25, -0.2) is 19.3 Å². The van der Waals surface area contributed by atoms with E-state index in [1.807, 2.05) is 0 Å². The fourth-order valence-electron chi connectivity index (χ4n) is 2.67. The van der Waals surface area contributed by atoms with Crippen LogP contribution in [0.3, 0.4) is 0 Å². The summed E-state index contributed by atoms with van der Waals surface area (Å²) in [5.74, 6) is 0.257. The number of aromatic nitrogens is 6. The molecule has 3 aromatic heterocycles. The van der Waals surface area contributed by atoms with Gasteiger partial charge >= 0.3 is 11.5 Å². The summed E-state index contributed by atoms with van der Waals surface area (Å²) < 4.78 is 5.23. The number of hydrogen-bond donors (Lipinski definition) is 0. The minimum Gasteiger partial charge on any atom is -0.358 e. The maximum atomic E-state index is 12.6. The second-order valence-corrected chi connectivity index (χ2v) is 5.40. The van der Waals surface area contributed by atoms with E-state index in [-0.39, 0.29) is 18.9 Å². The van der Waals surface area contributed by atoms with Gasteiger partial charge in [-0.1, -0.05) is 0 Å². The molecule has 0 fully saturated rings. The van der Waals surface area contributed by atoms with E-state index in [1.165, 1.54) is 22.5 Å². The summed E-state index contributed by atoms with van der Waals surface area (Å²) in [6, 6.07) is 0. The third-order valence-corrected chi connectivity index (χ3v) is 3.97. The molecule has 0 saturated carbocycles. The molecule has 0 aliphatic heterocycles. The highest BCUT2D eigenvalue weighted by atomic mass is 16.6. The Morgan fingerprint density at radius 1 is 1.17 bits per heavy atom. The molecule has 0 aliphatic rings. The number of nitro groups is 1. The molecule has 0 bridgehead atoms. The molecule has 0 aromatic carbocycles. The van der Waals surface area contributed by atoms with Gasteiger partial charge in [0.25, 0.3) is 5.56 Å². The van der Waals surface area contributed by atoms with Crippen LogP contribution in [0.1, 0.15) is 5.82 Å². The van der Waals surface area contributed by atoms with Crippen molar-refractivity contribution in [2.24, 2.45) is 14.1 Å². The molecule has 126 valence electrons. The lowest BCUT2D eigenvalue weighted by atomic mass is 10.4. The fourth-order valence-corrected chi connectivity index (χ4v) is 2.67. The first-order valence-corrected chi connectivity index (χ1v) is 7.10. The molecular weight excluding hydrogens is 318 g/mol. The number of aryl methyl sites for hydroxylation is 3. The summed E-state index contributed by atoms with van der Waals surface area (Å²) in [5, 5.41) is 11.0. The lowest BCUT2D eigenvalue weighted by Crippen LogP contribution is -2.40. The average molecular weight is 333 g/mol. The van der Waals surface area contributed by atoms with Gasteiger partial charge in [-0.3, -0.25) is 13.9 Å². The standard InChI is InChI=1S/C13H15N7O4/c1-8-14-6-9(20(23)24)18(8)4-5-19-12(21)10-11(15-7-16(10)2)17(3)13(19)22/h6-7H,4-5H2,1-3H3. The summed E-state index contributed by atoms with van der Waals surface area (Å²) >= 11 is 0. The van der Waals surface area contributed by atoms with Gasteiger partial charge in [0.1, 0.15) is 12.7 Å². The van der Waals surface area contributed by atoms with Crippen molar-refractivity contribution in [2.45, 2.75) is 20.0 Å². The predicted octanol–water partition coefficient (Wildman–Crippen LogP) is -0.453. The fraction of sp³-hybridized carbons (Fsp3) is 0.385. The van der Waals surface area contributed by atoms with Crippen LogP contribution in [0.5, 0.6) is 0 Å². The molecule has 3 rings (SSSR count). The zero-order valence-corrected chi connectivity index (χ0v) is 13.3. The summed E-state index contributed by atoms with van der Waals surface area (Å²) in [6.45, 7) is 1.70. The van der Waals surface area contributed by atoms with Gasteiger partial charge in [0.2, 0.25) is 0 Å². The van der Waals surface area contributed by atoms with Gasteiger partial charge in [0, 0.05) is 21.0 Å². The SMILES string of the molecule is Cc1ncc([N+](=O)[O-])n1CCn1c(=O)c2c(ncn2C)n(C)c1=O. The quantitative estimate of drug-likeness (QED) is 0.470. The second-order valence-electron chi connectivity index (χ2n) is 5.40. The molecule has 0 saturated heterocycles. The zero-order valence-electron chi connectivity index (χ0n) is 13.3. The van der Waals surface area contributed by atoms with E-state index in [1.54, 1.807) is 18.5 Å². The van der Waals surface area contributed by atoms with Crippen LogP contribution in [0, 0.1) is 17.0 Å². The van der Waals surface area contributed by atoms with Crippen LogP contribution >= 0.6 is 0 Å². The lowest BCUT2D eigenvalue weighted by Gasteiger charge is -2.08. The van der Waals surface area contributed by atoms with E-state index in [0.717, 1.165) is 10.8 Å². The Balaban J connectivity index is 2.08. The number of imidazole rings is 2. The first-order chi connectivity index (χ1) is 11.3. The van der Waals surface area contributed by atoms with Crippen LogP contribution in [0.4, 0.5) is 5.82 Å². The average Bonchev–Trinajstić information content (AvgIpc) is 3.09. The van der Waals surface area contributed by atoms with Gasteiger partial charge in [-0.05, 0) is 4.92 Å². The minimum absolute atomic E-state index is 0.00926. The molecule has 0 radical (unpaired) electrons. The first-order valence-electron chi connectivity index (χ1n) is 7.10.